The van der Waals surface area contributed by atoms with E-state index >= 15 is 0 Å². The smallest absolute Gasteiger partial charge is 0.407 e. The van der Waals surface area contributed by atoms with Gasteiger partial charge in [-0.2, -0.15) is 0 Å². The molecule has 6 atom stereocenters. The fraction of sp³-hybridized carbons (Fsp3) is 0.933. The Morgan fingerprint density at radius 3 is 2.47 bits per heavy atom. The van der Waals surface area contributed by atoms with E-state index in [2.05, 4.69) is 5.32 Å². The highest BCUT2D eigenvalue weighted by Gasteiger charge is 2.55. The molecule has 2 N–H and O–H groups in total. The maximum Gasteiger partial charge on any atom is 0.407 e. The maximum absolute atomic E-state index is 11.8. The van der Waals surface area contributed by atoms with Gasteiger partial charge in [0.1, 0.15) is 5.60 Å². The number of carbonyl (C=O) groups excluding carboxylic acids is 1. The zero-order valence-electron chi connectivity index (χ0n) is 12.1. The van der Waals surface area contributed by atoms with Crippen molar-refractivity contribution in [3.63, 3.8) is 0 Å². The van der Waals surface area contributed by atoms with E-state index < -0.39 is 5.60 Å². The molecular weight excluding hydrogens is 242 g/mol. The molecule has 1 amide bonds. The minimum atomic E-state index is -0.437. The van der Waals surface area contributed by atoms with Gasteiger partial charge in [0.25, 0.3) is 0 Å². The fourth-order valence-electron chi connectivity index (χ4n) is 4.63. The lowest BCUT2D eigenvalue weighted by molar-refractivity contribution is 0.0501. The molecule has 4 heteroatoms. The molecule has 0 aliphatic heterocycles. The van der Waals surface area contributed by atoms with Crippen LogP contribution in [0.2, 0.25) is 0 Å². The lowest BCUT2D eigenvalue weighted by atomic mass is 9.80. The van der Waals surface area contributed by atoms with E-state index in [1.807, 2.05) is 20.8 Å². The zero-order valence-corrected chi connectivity index (χ0v) is 12.1. The van der Waals surface area contributed by atoms with Gasteiger partial charge in [0.05, 0.1) is 6.10 Å². The van der Waals surface area contributed by atoms with Crippen molar-refractivity contribution in [2.45, 2.75) is 64.2 Å². The zero-order chi connectivity index (χ0) is 13.8. The molecule has 3 aliphatic rings. The van der Waals surface area contributed by atoms with Crippen LogP contribution in [0, 0.1) is 23.7 Å². The largest absolute Gasteiger partial charge is 0.444 e. The third kappa shape index (κ3) is 2.47. The molecule has 0 aromatic heterocycles. The van der Waals surface area contributed by atoms with E-state index in [0.717, 1.165) is 19.3 Å². The number of nitrogens with one attached hydrogen (secondary N) is 1. The van der Waals surface area contributed by atoms with Crippen molar-refractivity contribution in [2.75, 3.05) is 0 Å². The van der Waals surface area contributed by atoms with Crippen molar-refractivity contribution in [2.24, 2.45) is 23.7 Å². The molecule has 0 heterocycles. The van der Waals surface area contributed by atoms with Gasteiger partial charge in [-0.3, -0.25) is 0 Å². The first-order valence-electron chi connectivity index (χ1n) is 7.51. The van der Waals surface area contributed by atoms with Crippen LogP contribution < -0.4 is 5.32 Å². The number of amides is 1. The average molecular weight is 267 g/mol. The Morgan fingerprint density at radius 1 is 1.11 bits per heavy atom. The van der Waals surface area contributed by atoms with Gasteiger partial charge in [0.15, 0.2) is 0 Å². The second-order valence-electron chi connectivity index (χ2n) is 7.60. The van der Waals surface area contributed by atoms with Crippen LogP contribution >= 0.6 is 0 Å². The summed E-state index contributed by atoms with van der Waals surface area (Å²) in [4.78, 5) is 11.8. The summed E-state index contributed by atoms with van der Waals surface area (Å²) in [5, 5.41) is 13.0. The summed E-state index contributed by atoms with van der Waals surface area (Å²) in [6, 6.07) is 0.237. The van der Waals surface area contributed by atoms with Gasteiger partial charge in [-0.1, -0.05) is 0 Å². The molecule has 0 radical (unpaired) electrons. The Hall–Kier alpha value is -0.770. The molecule has 108 valence electrons. The van der Waals surface area contributed by atoms with E-state index in [1.54, 1.807) is 0 Å². The normalized spacial score (nSPS) is 44.2. The predicted octanol–water partition coefficient (Wildman–Crippen LogP) is 2.31. The molecule has 6 unspecified atom stereocenters. The molecule has 2 bridgehead atoms. The molecule has 3 fully saturated rings. The van der Waals surface area contributed by atoms with Crippen LogP contribution in [0.4, 0.5) is 4.79 Å². The number of alkyl carbamates (subject to hydrolysis) is 1. The van der Waals surface area contributed by atoms with Gasteiger partial charge in [0.2, 0.25) is 0 Å². The quantitative estimate of drug-likeness (QED) is 0.766. The lowest BCUT2D eigenvalue weighted by Gasteiger charge is -2.27. The molecule has 0 aromatic carbocycles. The third-order valence-electron chi connectivity index (χ3n) is 5.15. The van der Waals surface area contributed by atoms with E-state index in [9.17, 15) is 9.90 Å². The summed E-state index contributed by atoms with van der Waals surface area (Å²) in [7, 11) is 0. The Labute approximate surface area is 114 Å². The molecule has 0 spiro atoms. The number of ether oxygens (including phenoxy) is 1. The minimum absolute atomic E-state index is 0.0912. The number of hydrogen-bond donors (Lipinski definition) is 2. The number of fused-ring (bicyclic) bond motifs is 5. The molecule has 3 aliphatic carbocycles. The molecule has 4 nitrogen and oxygen atoms in total. The molecule has 0 saturated heterocycles. The Balaban J connectivity index is 1.55. The molecule has 3 rings (SSSR count). The summed E-state index contributed by atoms with van der Waals surface area (Å²) < 4.78 is 5.31. The van der Waals surface area contributed by atoms with Crippen molar-refractivity contribution in [1.29, 1.82) is 0 Å². The Kier molecular flexibility index (Phi) is 3.04. The van der Waals surface area contributed by atoms with Gasteiger partial charge in [0, 0.05) is 6.04 Å². The minimum Gasteiger partial charge on any atom is -0.444 e. The van der Waals surface area contributed by atoms with Crippen LogP contribution in [0.5, 0.6) is 0 Å². The van der Waals surface area contributed by atoms with Crippen LogP contribution in [0.3, 0.4) is 0 Å². The monoisotopic (exact) mass is 267 g/mol. The predicted molar refractivity (Wildman–Crippen MR) is 71.6 cm³/mol. The lowest BCUT2D eigenvalue weighted by Crippen LogP contribution is -2.38. The van der Waals surface area contributed by atoms with Crippen molar-refractivity contribution < 1.29 is 14.6 Å². The third-order valence-corrected chi connectivity index (χ3v) is 5.15. The van der Waals surface area contributed by atoms with Gasteiger partial charge in [-0.25, -0.2) is 4.79 Å². The number of carbonyl (C=O) groups is 1. The number of aliphatic hydroxyl groups is 1. The molecular formula is C15H25NO3. The van der Waals surface area contributed by atoms with Crippen molar-refractivity contribution in [1.82, 2.24) is 5.32 Å². The fourth-order valence-corrected chi connectivity index (χ4v) is 4.63. The first kappa shape index (κ1) is 13.2. The second-order valence-corrected chi connectivity index (χ2v) is 7.60. The summed E-state index contributed by atoms with van der Waals surface area (Å²) in [6.45, 7) is 5.64. The molecule has 19 heavy (non-hydrogen) atoms. The first-order valence-corrected chi connectivity index (χ1v) is 7.51. The van der Waals surface area contributed by atoms with Gasteiger partial charge >= 0.3 is 6.09 Å². The van der Waals surface area contributed by atoms with Crippen LogP contribution in [0.15, 0.2) is 0 Å². The van der Waals surface area contributed by atoms with E-state index in [0.29, 0.717) is 23.7 Å². The number of rotatable bonds is 1. The van der Waals surface area contributed by atoms with Crippen molar-refractivity contribution >= 4 is 6.09 Å². The highest BCUT2D eigenvalue weighted by Crippen LogP contribution is 2.58. The standard InChI is InChI=1S/C15H25NO3/c1-15(2,3)19-14(18)16-9-6-10-8-4-12(11(10)7-9)13(17)5-8/h8-13,17H,4-7H2,1-3H3,(H,16,18). The number of hydrogen-bond acceptors (Lipinski definition) is 3. The molecule has 3 saturated carbocycles. The summed E-state index contributed by atoms with van der Waals surface area (Å²) in [5.41, 5.74) is -0.437. The SMILES string of the molecule is CC(C)(C)OC(=O)NC1CC2C3CC(O)C(C3)C2C1. The van der Waals surface area contributed by atoms with E-state index in [1.165, 1.54) is 6.42 Å². The van der Waals surface area contributed by atoms with Crippen LogP contribution in [0.25, 0.3) is 0 Å². The van der Waals surface area contributed by atoms with E-state index in [-0.39, 0.29) is 18.2 Å². The highest BCUT2D eigenvalue weighted by atomic mass is 16.6. The maximum atomic E-state index is 11.8. The van der Waals surface area contributed by atoms with Crippen LogP contribution in [0.1, 0.15) is 46.5 Å². The second kappa shape index (κ2) is 4.37. The van der Waals surface area contributed by atoms with Gasteiger partial charge < -0.3 is 15.2 Å². The topological polar surface area (TPSA) is 58.6 Å². The first-order chi connectivity index (χ1) is 8.83. The summed E-state index contributed by atoms with van der Waals surface area (Å²) in [5.74, 6) is 2.51. The van der Waals surface area contributed by atoms with Gasteiger partial charge in [-0.05, 0) is 70.1 Å². The Morgan fingerprint density at radius 2 is 1.79 bits per heavy atom. The summed E-state index contributed by atoms with van der Waals surface area (Å²) >= 11 is 0. The van der Waals surface area contributed by atoms with Crippen LogP contribution in [-0.4, -0.2) is 28.9 Å². The van der Waals surface area contributed by atoms with Crippen LogP contribution in [-0.2, 0) is 4.74 Å². The van der Waals surface area contributed by atoms with Gasteiger partial charge in [-0.15, -0.1) is 0 Å². The van der Waals surface area contributed by atoms with Crippen molar-refractivity contribution in [3.8, 4) is 0 Å². The van der Waals surface area contributed by atoms with Crippen molar-refractivity contribution in [3.05, 3.63) is 0 Å². The average Bonchev–Trinajstić information content (AvgIpc) is 2.84. The number of aliphatic hydroxyl groups excluding tert-OH is 1. The molecule has 0 aromatic rings. The highest BCUT2D eigenvalue weighted by molar-refractivity contribution is 5.68. The Bertz CT molecular complexity index is 376. The summed E-state index contributed by atoms with van der Waals surface area (Å²) in [6.07, 6.45) is 3.87. The van der Waals surface area contributed by atoms with E-state index in [4.69, 9.17) is 4.74 Å².